The maximum Gasteiger partial charge on any atom is 0.304 e. The lowest BCUT2D eigenvalue weighted by molar-refractivity contribution is 0.545. The number of rotatable bonds is 3. The summed E-state index contributed by atoms with van der Waals surface area (Å²) in [6.45, 7) is 0.110. The number of aryl methyl sites for hydroxylation is 1. The first kappa shape index (κ1) is 8.19. The van der Waals surface area contributed by atoms with Crippen molar-refractivity contribution in [1.82, 2.24) is 9.55 Å². The second-order valence-electron chi connectivity index (χ2n) is 2.04. The first-order chi connectivity index (χ1) is 5.08. The van der Waals surface area contributed by atoms with E-state index >= 15 is 0 Å². The Morgan fingerprint density at radius 1 is 1.55 bits per heavy atom. The van der Waals surface area contributed by atoms with Gasteiger partial charge in [0, 0.05) is 18.9 Å². The Bertz CT molecular complexity index is 305. The second-order valence-corrected chi connectivity index (χ2v) is 3.53. The van der Waals surface area contributed by atoms with E-state index in [9.17, 15) is 12.3 Å². The Balaban J connectivity index is 2.48. The van der Waals surface area contributed by atoms with Crippen LogP contribution in [0.4, 0.5) is 3.89 Å². The number of nitrogens with zero attached hydrogens (tertiary/aromatic N) is 2. The predicted octanol–water partition coefficient (Wildman–Crippen LogP) is 0.182. The zero-order valence-electron chi connectivity index (χ0n) is 5.64. The summed E-state index contributed by atoms with van der Waals surface area (Å²) in [6.07, 6.45) is 4.52. The van der Waals surface area contributed by atoms with Crippen LogP contribution in [0.2, 0.25) is 0 Å². The van der Waals surface area contributed by atoms with Crippen LogP contribution in [-0.4, -0.2) is 23.7 Å². The zero-order chi connectivity index (χ0) is 8.32. The van der Waals surface area contributed by atoms with Crippen LogP contribution in [0.5, 0.6) is 0 Å². The number of halogens is 1. The molecule has 0 N–H and O–H groups in total. The summed E-state index contributed by atoms with van der Waals surface area (Å²) < 4.78 is 33.5. The molecule has 11 heavy (non-hydrogen) atoms. The minimum absolute atomic E-state index is 0.110. The van der Waals surface area contributed by atoms with Gasteiger partial charge in [-0.1, -0.05) is 0 Å². The molecule has 0 aromatic carbocycles. The van der Waals surface area contributed by atoms with Gasteiger partial charge in [-0.15, -0.1) is 3.89 Å². The normalized spacial score (nSPS) is 11.7. The summed E-state index contributed by atoms with van der Waals surface area (Å²) in [5.74, 6) is -0.497. The highest BCUT2D eigenvalue weighted by molar-refractivity contribution is 7.86. The van der Waals surface area contributed by atoms with Crippen molar-refractivity contribution < 1.29 is 12.3 Å². The molecule has 0 spiro atoms. The zero-order valence-corrected chi connectivity index (χ0v) is 6.46. The molecule has 1 aromatic heterocycles. The third kappa shape index (κ3) is 3.13. The summed E-state index contributed by atoms with van der Waals surface area (Å²) in [5, 5.41) is 0. The van der Waals surface area contributed by atoms with Crippen molar-refractivity contribution in [2.75, 3.05) is 5.75 Å². The lowest BCUT2D eigenvalue weighted by atomic mass is 10.7. The fraction of sp³-hybridized carbons (Fsp3) is 0.400. The lowest BCUT2D eigenvalue weighted by Gasteiger charge is -1.96. The fourth-order valence-corrected chi connectivity index (χ4v) is 1.06. The van der Waals surface area contributed by atoms with Crippen LogP contribution in [-0.2, 0) is 16.8 Å². The monoisotopic (exact) mass is 178 g/mol. The fourth-order valence-electron chi connectivity index (χ4n) is 0.633. The van der Waals surface area contributed by atoms with Crippen LogP contribution in [0.1, 0.15) is 0 Å². The predicted molar refractivity (Wildman–Crippen MR) is 37.1 cm³/mol. The largest absolute Gasteiger partial charge is 0.336 e. The Morgan fingerprint density at radius 2 is 2.27 bits per heavy atom. The molecule has 0 radical (unpaired) electrons. The van der Waals surface area contributed by atoms with E-state index in [-0.39, 0.29) is 6.54 Å². The van der Waals surface area contributed by atoms with Crippen molar-refractivity contribution in [3.63, 3.8) is 0 Å². The third-order valence-corrected chi connectivity index (χ3v) is 1.82. The van der Waals surface area contributed by atoms with E-state index in [0.29, 0.717) is 0 Å². The minimum Gasteiger partial charge on any atom is -0.336 e. The van der Waals surface area contributed by atoms with E-state index in [1.807, 2.05) is 0 Å². The smallest absolute Gasteiger partial charge is 0.304 e. The van der Waals surface area contributed by atoms with Crippen molar-refractivity contribution in [2.45, 2.75) is 6.54 Å². The molecule has 1 rings (SSSR count). The van der Waals surface area contributed by atoms with Gasteiger partial charge in [0.05, 0.1) is 12.1 Å². The van der Waals surface area contributed by atoms with Gasteiger partial charge in [0.2, 0.25) is 0 Å². The molecule has 0 unspecified atom stereocenters. The highest BCUT2D eigenvalue weighted by Gasteiger charge is 2.05. The Morgan fingerprint density at radius 3 is 2.73 bits per heavy atom. The van der Waals surface area contributed by atoms with Crippen molar-refractivity contribution in [3.8, 4) is 0 Å². The molecule has 0 bridgehead atoms. The number of hydrogen-bond acceptors (Lipinski definition) is 3. The Kier molecular flexibility index (Phi) is 2.23. The van der Waals surface area contributed by atoms with Gasteiger partial charge in [-0.2, -0.15) is 8.42 Å². The maximum atomic E-state index is 11.9. The molecular weight excluding hydrogens is 171 g/mol. The van der Waals surface area contributed by atoms with Crippen molar-refractivity contribution in [2.24, 2.45) is 0 Å². The summed E-state index contributed by atoms with van der Waals surface area (Å²) in [4.78, 5) is 3.67. The lowest BCUT2D eigenvalue weighted by Crippen LogP contribution is -2.06. The SMILES string of the molecule is O=S(=O)(F)CCn1ccnc1. The average molecular weight is 178 g/mol. The standard InChI is InChI=1S/C5H7FN2O2S/c6-11(9,10)4-3-8-2-1-7-5-8/h1-2,5H,3-4H2. The molecule has 0 saturated carbocycles. The number of hydrogen-bond donors (Lipinski definition) is 0. The Hall–Kier alpha value is -0.910. The average Bonchev–Trinajstić information content (AvgIpc) is 2.32. The first-order valence-electron chi connectivity index (χ1n) is 2.96. The summed E-state index contributed by atoms with van der Waals surface area (Å²) in [5.41, 5.74) is 0. The van der Waals surface area contributed by atoms with Crippen LogP contribution >= 0.6 is 0 Å². The second kappa shape index (κ2) is 3.00. The number of aromatic nitrogens is 2. The van der Waals surface area contributed by atoms with E-state index in [0.717, 1.165) is 0 Å². The molecule has 1 heterocycles. The summed E-state index contributed by atoms with van der Waals surface area (Å²) in [6, 6.07) is 0. The molecule has 0 amide bonds. The van der Waals surface area contributed by atoms with E-state index in [4.69, 9.17) is 0 Å². The van der Waals surface area contributed by atoms with Gasteiger partial charge < -0.3 is 4.57 Å². The van der Waals surface area contributed by atoms with Gasteiger partial charge in [-0.25, -0.2) is 4.98 Å². The topological polar surface area (TPSA) is 52.0 Å². The van der Waals surface area contributed by atoms with Gasteiger partial charge in [0.1, 0.15) is 0 Å². The highest BCUT2D eigenvalue weighted by Crippen LogP contribution is 1.93. The summed E-state index contributed by atoms with van der Waals surface area (Å²) in [7, 11) is -4.35. The van der Waals surface area contributed by atoms with Gasteiger partial charge in [0.25, 0.3) is 0 Å². The van der Waals surface area contributed by atoms with E-state index in [1.54, 1.807) is 6.20 Å². The quantitative estimate of drug-likeness (QED) is 0.620. The molecule has 4 nitrogen and oxygen atoms in total. The first-order valence-corrected chi connectivity index (χ1v) is 4.51. The van der Waals surface area contributed by atoms with Gasteiger partial charge >= 0.3 is 10.2 Å². The van der Waals surface area contributed by atoms with Crippen LogP contribution in [0.3, 0.4) is 0 Å². The van der Waals surface area contributed by atoms with Crippen molar-refractivity contribution in [3.05, 3.63) is 18.7 Å². The van der Waals surface area contributed by atoms with Crippen LogP contribution in [0, 0.1) is 0 Å². The van der Waals surface area contributed by atoms with E-state index < -0.39 is 16.0 Å². The minimum atomic E-state index is -4.35. The highest BCUT2D eigenvalue weighted by atomic mass is 32.3. The van der Waals surface area contributed by atoms with Crippen LogP contribution < -0.4 is 0 Å². The molecule has 62 valence electrons. The molecule has 0 fully saturated rings. The van der Waals surface area contributed by atoms with Crippen molar-refractivity contribution >= 4 is 10.2 Å². The van der Waals surface area contributed by atoms with Crippen molar-refractivity contribution in [1.29, 1.82) is 0 Å². The molecule has 6 heteroatoms. The molecule has 1 aromatic rings. The molecule has 0 atom stereocenters. The molecule has 0 aliphatic rings. The Labute approximate surface area is 63.9 Å². The molecular formula is C5H7FN2O2S. The van der Waals surface area contributed by atoms with E-state index in [2.05, 4.69) is 4.98 Å². The summed E-state index contributed by atoms with van der Waals surface area (Å²) >= 11 is 0. The van der Waals surface area contributed by atoms with E-state index in [1.165, 1.54) is 17.1 Å². The van der Waals surface area contributed by atoms with Gasteiger partial charge in [-0.3, -0.25) is 0 Å². The van der Waals surface area contributed by atoms with Gasteiger partial charge in [-0.05, 0) is 0 Å². The molecule has 0 aliphatic carbocycles. The third-order valence-electron chi connectivity index (χ3n) is 1.15. The maximum absolute atomic E-state index is 11.9. The molecule has 0 saturated heterocycles. The van der Waals surface area contributed by atoms with Crippen LogP contribution in [0.15, 0.2) is 18.7 Å². The van der Waals surface area contributed by atoms with Gasteiger partial charge in [0.15, 0.2) is 0 Å². The van der Waals surface area contributed by atoms with Crippen LogP contribution in [0.25, 0.3) is 0 Å². The number of imidazole rings is 1. The molecule has 0 aliphatic heterocycles.